The van der Waals surface area contributed by atoms with E-state index in [0.29, 0.717) is 0 Å². The van der Waals surface area contributed by atoms with Crippen molar-refractivity contribution in [2.45, 2.75) is 38.8 Å². The lowest BCUT2D eigenvalue weighted by Gasteiger charge is -2.34. The van der Waals surface area contributed by atoms with E-state index < -0.39 is 0 Å². The Labute approximate surface area is 126 Å². The van der Waals surface area contributed by atoms with E-state index in [9.17, 15) is 0 Å². The fourth-order valence-electron chi connectivity index (χ4n) is 2.73. The van der Waals surface area contributed by atoms with E-state index in [1.807, 2.05) is 6.26 Å². The molecule has 1 aromatic heterocycles. The van der Waals surface area contributed by atoms with Crippen LogP contribution in [-0.2, 0) is 0 Å². The summed E-state index contributed by atoms with van der Waals surface area (Å²) < 4.78 is 0. The maximum Gasteiger partial charge on any atom is 0.191 e. The molecule has 0 atom stereocenters. The zero-order valence-corrected chi connectivity index (χ0v) is 13.8. The minimum absolute atomic E-state index is 0.793. The van der Waals surface area contributed by atoms with E-state index in [-0.39, 0.29) is 0 Å². The molecule has 1 aliphatic rings. The van der Waals surface area contributed by atoms with Gasteiger partial charge in [-0.05, 0) is 37.9 Å². The van der Waals surface area contributed by atoms with Crippen LogP contribution >= 0.6 is 11.8 Å². The Balaban J connectivity index is 2.10. The zero-order chi connectivity index (χ0) is 14.5. The van der Waals surface area contributed by atoms with Crippen molar-refractivity contribution in [1.82, 2.24) is 9.97 Å². The van der Waals surface area contributed by atoms with E-state index in [2.05, 4.69) is 47.0 Å². The minimum Gasteiger partial charge on any atom is -0.370 e. The highest BCUT2D eigenvalue weighted by Crippen LogP contribution is 2.28. The Bertz CT molecular complexity index is 428. The quantitative estimate of drug-likeness (QED) is 0.665. The number of nitrogens with one attached hydrogen (secondary N) is 1. The number of aromatic nitrogens is 2. The molecule has 0 bridgehead atoms. The number of rotatable bonds is 5. The molecule has 5 heteroatoms. The molecule has 4 nitrogen and oxygen atoms in total. The second-order valence-electron chi connectivity index (χ2n) is 5.70. The van der Waals surface area contributed by atoms with E-state index in [4.69, 9.17) is 0 Å². The van der Waals surface area contributed by atoms with Crippen LogP contribution in [0.15, 0.2) is 11.2 Å². The molecule has 0 radical (unpaired) electrons. The molecule has 0 amide bonds. The summed E-state index contributed by atoms with van der Waals surface area (Å²) in [7, 11) is 0. The number of piperidine rings is 1. The van der Waals surface area contributed by atoms with Gasteiger partial charge in [0.2, 0.25) is 0 Å². The molecule has 1 aliphatic heterocycles. The lowest BCUT2D eigenvalue weighted by molar-refractivity contribution is 0.310. The summed E-state index contributed by atoms with van der Waals surface area (Å²) in [4.78, 5) is 11.6. The van der Waals surface area contributed by atoms with Gasteiger partial charge in [-0.3, -0.25) is 0 Å². The third-order valence-electron chi connectivity index (χ3n) is 4.04. The molecule has 1 aromatic rings. The first-order valence-electron chi connectivity index (χ1n) is 7.56. The van der Waals surface area contributed by atoms with Crippen LogP contribution in [-0.4, -0.2) is 35.9 Å². The van der Waals surface area contributed by atoms with Crippen LogP contribution in [0.3, 0.4) is 0 Å². The van der Waals surface area contributed by atoms with Crippen LogP contribution in [0.1, 0.15) is 33.6 Å². The average Bonchev–Trinajstić information content (AvgIpc) is 2.47. The van der Waals surface area contributed by atoms with E-state index in [1.165, 1.54) is 12.8 Å². The fraction of sp³-hybridized carbons (Fsp3) is 0.733. The molecule has 0 aliphatic carbocycles. The standard InChI is InChI=1S/C15H26N4S/c1-5-16-13-10-14(18-15(17-13)20-4)19-8-6-12(7-9-19)11(2)3/h10-12H,5-9H2,1-4H3,(H,16,17,18). The molecule has 1 saturated heterocycles. The summed E-state index contributed by atoms with van der Waals surface area (Å²) in [5.74, 6) is 3.67. The van der Waals surface area contributed by atoms with Crippen LogP contribution in [0.5, 0.6) is 0 Å². The predicted molar refractivity (Wildman–Crippen MR) is 87.8 cm³/mol. The molecule has 1 fully saturated rings. The molecular formula is C15H26N4S. The van der Waals surface area contributed by atoms with Crippen molar-refractivity contribution in [3.8, 4) is 0 Å². The Morgan fingerprint density at radius 2 is 2.05 bits per heavy atom. The van der Waals surface area contributed by atoms with Crippen LogP contribution in [0, 0.1) is 11.8 Å². The van der Waals surface area contributed by atoms with Gasteiger partial charge in [0.05, 0.1) is 0 Å². The molecule has 0 aromatic carbocycles. The summed E-state index contributed by atoms with van der Waals surface area (Å²) in [5.41, 5.74) is 0. The molecule has 20 heavy (non-hydrogen) atoms. The molecule has 112 valence electrons. The first-order valence-corrected chi connectivity index (χ1v) is 8.78. The third kappa shape index (κ3) is 3.78. The van der Waals surface area contributed by atoms with Crippen LogP contribution < -0.4 is 10.2 Å². The number of nitrogens with zero attached hydrogens (tertiary/aromatic N) is 3. The van der Waals surface area contributed by atoms with Crippen LogP contribution in [0.25, 0.3) is 0 Å². The first-order chi connectivity index (χ1) is 9.63. The van der Waals surface area contributed by atoms with Crippen molar-refractivity contribution in [2.24, 2.45) is 11.8 Å². The minimum atomic E-state index is 0.793. The second-order valence-corrected chi connectivity index (χ2v) is 6.47. The first kappa shape index (κ1) is 15.4. The molecule has 0 saturated carbocycles. The Morgan fingerprint density at radius 3 is 2.60 bits per heavy atom. The van der Waals surface area contributed by atoms with Crippen molar-refractivity contribution < 1.29 is 0 Å². The van der Waals surface area contributed by atoms with Gasteiger partial charge in [0.25, 0.3) is 0 Å². The Morgan fingerprint density at radius 1 is 1.35 bits per heavy atom. The van der Waals surface area contributed by atoms with Crippen LogP contribution in [0.4, 0.5) is 11.6 Å². The van der Waals surface area contributed by atoms with Crippen molar-refractivity contribution in [3.05, 3.63) is 6.07 Å². The maximum atomic E-state index is 4.67. The summed E-state index contributed by atoms with van der Waals surface area (Å²) >= 11 is 1.60. The largest absolute Gasteiger partial charge is 0.370 e. The Hall–Kier alpha value is -0.970. The summed E-state index contributed by atoms with van der Waals surface area (Å²) in [5, 5.41) is 4.15. The normalized spacial score (nSPS) is 16.8. The smallest absolute Gasteiger partial charge is 0.191 e. The van der Waals surface area contributed by atoms with Gasteiger partial charge in [-0.1, -0.05) is 25.6 Å². The lowest BCUT2D eigenvalue weighted by atomic mass is 9.87. The van der Waals surface area contributed by atoms with E-state index >= 15 is 0 Å². The van der Waals surface area contributed by atoms with Gasteiger partial charge in [0.15, 0.2) is 5.16 Å². The molecule has 0 unspecified atom stereocenters. The van der Waals surface area contributed by atoms with Gasteiger partial charge in [0.1, 0.15) is 11.6 Å². The highest BCUT2D eigenvalue weighted by atomic mass is 32.2. The van der Waals surface area contributed by atoms with E-state index in [0.717, 1.165) is 48.3 Å². The average molecular weight is 294 g/mol. The molecular weight excluding hydrogens is 268 g/mol. The molecule has 2 rings (SSSR count). The number of anilines is 2. The second kappa shape index (κ2) is 7.16. The Kier molecular flexibility index (Phi) is 5.52. The fourth-order valence-corrected chi connectivity index (χ4v) is 3.11. The lowest BCUT2D eigenvalue weighted by Crippen LogP contribution is -2.35. The molecule has 1 N–H and O–H groups in total. The highest BCUT2D eigenvalue weighted by molar-refractivity contribution is 7.98. The van der Waals surface area contributed by atoms with Gasteiger partial charge >= 0.3 is 0 Å². The third-order valence-corrected chi connectivity index (χ3v) is 4.59. The number of thioether (sulfide) groups is 1. The summed E-state index contributed by atoms with van der Waals surface area (Å²) in [6, 6.07) is 2.08. The van der Waals surface area contributed by atoms with Crippen molar-refractivity contribution >= 4 is 23.4 Å². The van der Waals surface area contributed by atoms with Crippen LogP contribution in [0.2, 0.25) is 0 Å². The van der Waals surface area contributed by atoms with Gasteiger partial charge in [0, 0.05) is 25.7 Å². The molecule has 2 heterocycles. The maximum absolute atomic E-state index is 4.67. The highest BCUT2D eigenvalue weighted by Gasteiger charge is 2.22. The number of hydrogen-bond acceptors (Lipinski definition) is 5. The summed E-state index contributed by atoms with van der Waals surface area (Å²) in [6.45, 7) is 9.87. The number of hydrogen-bond donors (Lipinski definition) is 1. The van der Waals surface area contributed by atoms with Crippen molar-refractivity contribution in [2.75, 3.05) is 36.1 Å². The van der Waals surface area contributed by atoms with Gasteiger partial charge in [-0.2, -0.15) is 0 Å². The zero-order valence-electron chi connectivity index (χ0n) is 13.0. The topological polar surface area (TPSA) is 41.0 Å². The summed E-state index contributed by atoms with van der Waals surface area (Å²) in [6.07, 6.45) is 4.57. The van der Waals surface area contributed by atoms with E-state index in [1.54, 1.807) is 11.8 Å². The van der Waals surface area contributed by atoms with Gasteiger partial charge < -0.3 is 10.2 Å². The van der Waals surface area contributed by atoms with Crippen molar-refractivity contribution in [3.63, 3.8) is 0 Å². The van der Waals surface area contributed by atoms with Crippen molar-refractivity contribution in [1.29, 1.82) is 0 Å². The van der Waals surface area contributed by atoms with Gasteiger partial charge in [-0.25, -0.2) is 9.97 Å². The molecule has 0 spiro atoms. The monoisotopic (exact) mass is 294 g/mol. The predicted octanol–water partition coefficient (Wildman–Crippen LogP) is 3.50. The van der Waals surface area contributed by atoms with Gasteiger partial charge in [-0.15, -0.1) is 0 Å². The SMILES string of the molecule is CCNc1cc(N2CCC(C(C)C)CC2)nc(SC)n1.